The maximum absolute atomic E-state index is 11.4. The molecule has 104 valence electrons. The minimum absolute atomic E-state index is 0.0984. The molecular formula is C15H16N2O3. The molecule has 0 saturated heterocycles. The van der Waals surface area contributed by atoms with E-state index in [1.165, 1.54) is 0 Å². The fourth-order valence-corrected chi connectivity index (χ4v) is 1.47. The van der Waals surface area contributed by atoms with Crippen molar-refractivity contribution in [2.75, 3.05) is 13.5 Å². The monoisotopic (exact) mass is 272 g/mol. The summed E-state index contributed by atoms with van der Waals surface area (Å²) < 4.78 is 10.7. The SMILES string of the molecule is O=C(NCOc1ccccc1)NCOc1ccccc1. The normalized spacial score (nSPS) is 9.60. The number of rotatable bonds is 6. The third-order valence-corrected chi connectivity index (χ3v) is 2.43. The van der Waals surface area contributed by atoms with Gasteiger partial charge in [-0.15, -0.1) is 0 Å². The first-order valence-corrected chi connectivity index (χ1v) is 6.22. The van der Waals surface area contributed by atoms with E-state index in [2.05, 4.69) is 10.6 Å². The Morgan fingerprint density at radius 2 is 1.15 bits per heavy atom. The van der Waals surface area contributed by atoms with Gasteiger partial charge in [0, 0.05) is 0 Å². The summed E-state index contributed by atoms with van der Waals surface area (Å²) in [5, 5.41) is 5.13. The van der Waals surface area contributed by atoms with Gasteiger partial charge in [-0.05, 0) is 24.3 Å². The standard InChI is InChI=1S/C15H16N2O3/c18-15(16-11-19-13-7-3-1-4-8-13)17-12-20-14-9-5-2-6-10-14/h1-10H,11-12H2,(H2,16,17,18). The van der Waals surface area contributed by atoms with E-state index >= 15 is 0 Å². The number of para-hydroxylation sites is 2. The molecule has 2 N–H and O–H groups in total. The Kier molecular flexibility index (Phi) is 5.27. The Morgan fingerprint density at radius 3 is 1.55 bits per heavy atom. The molecule has 5 heteroatoms. The number of amides is 2. The Labute approximate surface area is 117 Å². The van der Waals surface area contributed by atoms with Gasteiger partial charge in [-0.2, -0.15) is 0 Å². The molecule has 0 bridgehead atoms. The average Bonchev–Trinajstić information content (AvgIpc) is 2.49. The Morgan fingerprint density at radius 1 is 0.750 bits per heavy atom. The first-order chi connectivity index (χ1) is 9.84. The second-order valence-electron chi connectivity index (χ2n) is 3.89. The molecule has 0 aliphatic rings. The van der Waals surface area contributed by atoms with E-state index in [4.69, 9.17) is 9.47 Å². The Balaban J connectivity index is 1.59. The van der Waals surface area contributed by atoms with Crippen LogP contribution in [0.2, 0.25) is 0 Å². The second-order valence-corrected chi connectivity index (χ2v) is 3.89. The molecule has 2 rings (SSSR count). The van der Waals surface area contributed by atoms with Crippen LogP contribution in [-0.2, 0) is 0 Å². The summed E-state index contributed by atoms with van der Waals surface area (Å²) >= 11 is 0. The van der Waals surface area contributed by atoms with Gasteiger partial charge in [0.25, 0.3) is 0 Å². The summed E-state index contributed by atoms with van der Waals surface area (Å²) in [6, 6.07) is 18.2. The Bertz CT molecular complexity index is 470. The number of carbonyl (C=O) groups is 1. The highest BCUT2D eigenvalue weighted by Gasteiger charge is 1.99. The van der Waals surface area contributed by atoms with Crippen LogP contribution in [0.15, 0.2) is 60.7 Å². The van der Waals surface area contributed by atoms with Crippen LogP contribution in [0.4, 0.5) is 4.79 Å². The third kappa shape index (κ3) is 4.89. The van der Waals surface area contributed by atoms with Gasteiger partial charge in [-0.25, -0.2) is 4.79 Å². The fraction of sp³-hybridized carbons (Fsp3) is 0.133. The molecule has 0 spiro atoms. The molecule has 2 amide bonds. The molecule has 0 fully saturated rings. The molecule has 2 aromatic rings. The number of benzene rings is 2. The van der Waals surface area contributed by atoms with Gasteiger partial charge in [0.15, 0.2) is 13.5 Å². The van der Waals surface area contributed by atoms with Crippen LogP contribution in [0.25, 0.3) is 0 Å². The van der Waals surface area contributed by atoms with Crippen LogP contribution < -0.4 is 20.1 Å². The number of carbonyl (C=O) groups excluding carboxylic acids is 1. The number of hydrogen-bond donors (Lipinski definition) is 2. The van der Waals surface area contributed by atoms with Crippen molar-refractivity contribution in [3.63, 3.8) is 0 Å². The molecule has 0 aliphatic carbocycles. The van der Waals surface area contributed by atoms with Crippen molar-refractivity contribution >= 4 is 6.03 Å². The van der Waals surface area contributed by atoms with Gasteiger partial charge in [-0.3, -0.25) is 0 Å². The summed E-state index contributed by atoms with van der Waals surface area (Å²) in [7, 11) is 0. The zero-order valence-corrected chi connectivity index (χ0v) is 10.9. The van der Waals surface area contributed by atoms with Crippen molar-refractivity contribution in [3.8, 4) is 11.5 Å². The molecule has 0 unspecified atom stereocenters. The van der Waals surface area contributed by atoms with Gasteiger partial charge in [0.1, 0.15) is 11.5 Å². The van der Waals surface area contributed by atoms with E-state index in [9.17, 15) is 4.79 Å². The minimum atomic E-state index is -0.350. The maximum atomic E-state index is 11.4. The van der Waals surface area contributed by atoms with Crippen LogP contribution in [0.5, 0.6) is 11.5 Å². The van der Waals surface area contributed by atoms with Crippen LogP contribution >= 0.6 is 0 Å². The highest BCUT2D eigenvalue weighted by Crippen LogP contribution is 2.07. The molecule has 20 heavy (non-hydrogen) atoms. The van der Waals surface area contributed by atoms with Crippen LogP contribution in [0, 0.1) is 0 Å². The lowest BCUT2D eigenvalue weighted by Crippen LogP contribution is -2.39. The summed E-state index contributed by atoms with van der Waals surface area (Å²) in [4.78, 5) is 11.4. The molecule has 0 radical (unpaired) electrons. The zero-order chi connectivity index (χ0) is 14.0. The van der Waals surface area contributed by atoms with Crippen molar-refractivity contribution in [1.29, 1.82) is 0 Å². The molecule has 0 saturated carbocycles. The highest BCUT2D eigenvalue weighted by atomic mass is 16.5. The highest BCUT2D eigenvalue weighted by molar-refractivity contribution is 5.73. The number of hydrogen-bond acceptors (Lipinski definition) is 3. The fourth-order valence-electron chi connectivity index (χ4n) is 1.47. The van der Waals surface area contributed by atoms with E-state index in [1.807, 2.05) is 60.7 Å². The number of ether oxygens (including phenoxy) is 2. The maximum Gasteiger partial charge on any atom is 0.320 e. The van der Waals surface area contributed by atoms with Gasteiger partial charge < -0.3 is 20.1 Å². The van der Waals surface area contributed by atoms with Crippen molar-refractivity contribution in [2.45, 2.75) is 0 Å². The lowest BCUT2D eigenvalue weighted by atomic mass is 10.3. The molecular weight excluding hydrogens is 256 g/mol. The second kappa shape index (κ2) is 7.68. The molecule has 0 aliphatic heterocycles. The van der Waals surface area contributed by atoms with Crippen LogP contribution in [-0.4, -0.2) is 19.5 Å². The summed E-state index contributed by atoms with van der Waals surface area (Å²) in [6.07, 6.45) is 0. The third-order valence-electron chi connectivity index (χ3n) is 2.43. The van der Waals surface area contributed by atoms with Crippen molar-refractivity contribution in [2.24, 2.45) is 0 Å². The quantitative estimate of drug-likeness (QED) is 0.794. The lowest BCUT2D eigenvalue weighted by molar-refractivity contribution is 0.210. The van der Waals surface area contributed by atoms with Gasteiger partial charge in [0.05, 0.1) is 0 Å². The van der Waals surface area contributed by atoms with Crippen LogP contribution in [0.3, 0.4) is 0 Å². The zero-order valence-electron chi connectivity index (χ0n) is 10.9. The average molecular weight is 272 g/mol. The summed E-state index contributed by atoms with van der Waals surface area (Å²) in [6.45, 7) is 0.197. The van der Waals surface area contributed by atoms with Crippen molar-refractivity contribution in [3.05, 3.63) is 60.7 Å². The Hall–Kier alpha value is -2.69. The molecule has 5 nitrogen and oxygen atoms in total. The molecule has 2 aromatic carbocycles. The molecule has 0 aromatic heterocycles. The van der Waals surface area contributed by atoms with Gasteiger partial charge in [-0.1, -0.05) is 36.4 Å². The summed E-state index contributed by atoms with van der Waals surface area (Å²) in [5.74, 6) is 1.40. The van der Waals surface area contributed by atoms with Crippen LogP contribution in [0.1, 0.15) is 0 Å². The van der Waals surface area contributed by atoms with Crippen molar-refractivity contribution < 1.29 is 14.3 Å². The molecule has 0 atom stereocenters. The van der Waals surface area contributed by atoms with E-state index in [0.29, 0.717) is 11.5 Å². The number of nitrogens with one attached hydrogen (secondary N) is 2. The predicted molar refractivity (Wildman–Crippen MR) is 75.5 cm³/mol. The van der Waals surface area contributed by atoms with E-state index < -0.39 is 0 Å². The first kappa shape index (κ1) is 13.7. The summed E-state index contributed by atoms with van der Waals surface area (Å²) in [5.41, 5.74) is 0. The van der Waals surface area contributed by atoms with Gasteiger partial charge in [0.2, 0.25) is 0 Å². The first-order valence-electron chi connectivity index (χ1n) is 6.22. The van der Waals surface area contributed by atoms with E-state index in [-0.39, 0.29) is 19.5 Å². The number of urea groups is 1. The smallest absolute Gasteiger partial charge is 0.320 e. The largest absolute Gasteiger partial charge is 0.473 e. The predicted octanol–water partition coefficient (Wildman–Crippen LogP) is 2.36. The molecule has 0 heterocycles. The lowest BCUT2D eigenvalue weighted by Gasteiger charge is -2.10. The minimum Gasteiger partial charge on any atom is -0.473 e. The van der Waals surface area contributed by atoms with E-state index in [1.54, 1.807) is 0 Å². The van der Waals surface area contributed by atoms with Gasteiger partial charge >= 0.3 is 6.03 Å². The van der Waals surface area contributed by atoms with E-state index in [0.717, 1.165) is 0 Å². The topological polar surface area (TPSA) is 59.6 Å². The van der Waals surface area contributed by atoms with Crippen molar-refractivity contribution in [1.82, 2.24) is 10.6 Å².